The number of phenolic OH excluding ortho intramolecular Hbond substituents is 2. The molecular weight excluding hydrogens is 380 g/mol. The normalized spacial score (nSPS) is 14.9. The Hall–Kier alpha value is -3.99. The molecule has 1 aliphatic carbocycles. The van der Waals surface area contributed by atoms with Gasteiger partial charge in [0.1, 0.15) is 23.0 Å². The Labute approximate surface area is 174 Å². The van der Waals surface area contributed by atoms with Gasteiger partial charge >= 0.3 is 0 Å². The number of carbonyl (C=O) groups is 1. The summed E-state index contributed by atoms with van der Waals surface area (Å²) in [6, 6.07) is 21.7. The van der Waals surface area contributed by atoms with Gasteiger partial charge in [-0.1, -0.05) is 42.5 Å². The number of ether oxygens (including phenoxy) is 2. The van der Waals surface area contributed by atoms with Crippen LogP contribution in [0.4, 0.5) is 0 Å². The minimum Gasteiger partial charge on any atom is -0.508 e. The van der Waals surface area contributed by atoms with Gasteiger partial charge in [-0.25, -0.2) is 0 Å². The maximum Gasteiger partial charge on any atom is 0.291 e. The van der Waals surface area contributed by atoms with E-state index in [2.05, 4.69) is 0 Å². The molecular formula is C25H20O5. The van der Waals surface area contributed by atoms with Crippen LogP contribution in [0.3, 0.4) is 0 Å². The van der Waals surface area contributed by atoms with E-state index in [4.69, 9.17) is 9.47 Å². The minimum atomic E-state index is -1.29. The zero-order valence-electron chi connectivity index (χ0n) is 16.0. The van der Waals surface area contributed by atoms with Gasteiger partial charge in [-0.3, -0.25) is 4.79 Å². The average Bonchev–Trinajstić information content (AvgIpc) is 2.78. The van der Waals surface area contributed by atoms with Gasteiger partial charge in [0.15, 0.2) is 5.78 Å². The summed E-state index contributed by atoms with van der Waals surface area (Å²) in [5.74, 6) is -0.541. The lowest BCUT2D eigenvalue weighted by atomic mass is 9.92. The Bertz CT molecular complexity index is 1000. The van der Waals surface area contributed by atoms with Crippen LogP contribution in [0.15, 0.2) is 103 Å². The topological polar surface area (TPSA) is 76.0 Å². The summed E-state index contributed by atoms with van der Waals surface area (Å²) in [4.78, 5) is 12.8. The molecule has 0 bridgehead atoms. The SMILES string of the molecule is O=C(c1ccccc1)C1C=CC(Oc2ccc(O)cc2)(Oc2ccc(O)cc2)C=C1. The highest BCUT2D eigenvalue weighted by molar-refractivity contribution is 6.00. The van der Waals surface area contributed by atoms with Crippen molar-refractivity contribution in [2.45, 2.75) is 5.79 Å². The first-order valence-electron chi connectivity index (χ1n) is 9.47. The summed E-state index contributed by atoms with van der Waals surface area (Å²) in [5.41, 5.74) is 0.628. The summed E-state index contributed by atoms with van der Waals surface area (Å²) in [7, 11) is 0. The van der Waals surface area contributed by atoms with Crippen LogP contribution in [-0.2, 0) is 0 Å². The monoisotopic (exact) mass is 400 g/mol. The molecule has 0 spiro atoms. The van der Waals surface area contributed by atoms with Gasteiger partial charge in [0.05, 0.1) is 5.92 Å². The second-order valence-corrected chi connectivity index (χ2v) is 6.89. The number of phenols is 2. The van der Waals surface area contributed by atoms with Crippen LogP contribution in [0.2, 0.25) is 0 Å². The molecule has 0 aliphatic heterocycles. The zero-order valence-corrected chi connectivity index (χ0v) is 16.0. The summed E-state index contributed by atoms with van der Waals surface area (Å²) in [6.07, 6.45) is 6.88. The highest BCUT2D eigenvalue weighted by Crippen LogP contribution is 2.31. The molecule has 5 heteroatoms. The number of hydrogen-bond donors (Lipinski definition) is 2. The number of benzene rings is 3. The molecule has 2 N–H and O–H groups in total. The predicted octanol–water partition coefficient (Wildman–Crippen LogP) is 4.88. The fraction of sp³-hybridized carbons (Fsp3) is 0.0800. The zero-order chi connectivity index (χ0) is 21.0. The highest BCUT2D eigenvalue weighted by Gasteiger charge is 2.33. The largest absolute Gasteiger partial charge is 0.508 e. The molecule has 0 aromatic heterocycles. The molecule has 30 heavy (non-hydrogen) atoms. The molecule has 0 heterocycles. The Morgan fingerprint density at radius 2 is 1.17 bits per heavy atom. The standard InChI is InChI=1S/C25H20O5/c26-20-6-10-22(11-7-20)29-25(30-23-12-8-21(27)9-13-23)16-14-19(15-17-25)24(28)18-4-2-1-3-5-18/h1-17,19,26-27H. The van der Waals surface area contributed by atoms with Gasteiger partial charge in [0.25, 0.3) is 5.79 Å². The number of carbonyl (C=O) groups excluding carboxylic acids is 1. The molecule has 3 aromatic carbocycles. The Morgan fingerprint density at radius 3 is 1.63 bits per heavy atom. The van der Waals surface area contributed by atoms with Gasteiger partial charge < -0.3 is 19.7 Å². The van der Waals surface area contributed by atoms with Crippen molar-refractivity contribution in [3.05, 3.63) is 109 Å². The van der Waals surface area contributed by atoms with Crippen LogP contribution in [0.25, 0.3) is 0 Å². The number of rotatable bonds is 6. The van der Waals surface area contributed by atoms with E-state index in [1.165, 1.54) is 24.3 Å². The fourth-order valence-corrected chi connectivity index (χ4v) is 3.12. The number of ketones is 1. The molecule has 0 unspecified atom stereocenters. The Morgan fingerprint density at radius 1 is 0.700 bits per heavy atom. The first kappa shape index (κ1) is 19.3. The number of allylic oxidation sites excluding steroid dienone is 2. The van der Waals surface area contributed by atoms with E-state index >= 15 is 0 Å². The maximum absolute atomic E-state index is 12.8. The van der Waals surface area contributed by atoms with Crippen molar-refractivity contribution < 1.29 is 24.5 Å². The van der Waals surface area contributed by atoms with Gasteiger partial charge in [0.2, 0.25) is 0 Å². The van der Waals surface area contributed by atoms with Crippen LogP contribution in [0.1, 0.15) is 10.4 Å². The lowest BCUT2D eigenvalue weighted by Crippen LogP contribution is -2.40. The number of hydrogen-bond acceptors (Lipinski definition) is 5. The first-order chi connectivity index (χ1) is 14.5. The fourth-order valence-electron chi connectivity index (χ4n) is 3.12. The molecule has 4 rings (SSSR count). The molecule has 5 nitrogen and oxygen atoms in total. The second kappa shape index (κ2) is 8.17. The molecule has 0 radical (unpaired) electrons. The first-order valence-corrected chi connectivity index (χ1v) is 9.47. The molecule has 0 saturated heterocycles. The number of aromatic hydroxyl groups is 2. The molecule has 0 fully saturated rings. The lowest BCUT2D eigenvalue weighted by Gasteiger charge is -2.32. The van der Waals surface area contributed by atoms with Crippen LogP contribution >= 0.6 is 0 Å². The van der Waals surface area contributed by atoms with E-state index in [9.17, 15) is 15.0 Å². The molecule has 150 valence electrons. The van der Waals surface area contributed by atoms with Crippen molar-refractivity contribution in [2.24, 2.45) is 5.92 Å². The van der Waals surface area contributed by atoms with E-state index in [1.807, 2.05) is 18.2 Å². The molecule has 1 aliphatic rings. The number of Topliss-reactive ketones (excluding diaryl/α,β-unsaturated/α-hetero) is 1. The van der Waals surface area contributed by atoms with Crippen LogP contribution in [-0.4, -0.2) is 21.8 Å². The summed E-state index contributed by atoms with van der Waals surface area (Å²) in [5, 5.41) is 19.0. The van der Waals surface area contributed by atoms with Gasteiger partial charge in [0, 0.05) is 17.7 Å². The summed E-state index contributed by atoms with van der Waals surface area (Å²) >= 11 is 0. The smallest absolute Gasteiger partial charge is 0.291 e. The van der Waals surface area contributed by atoms with Crippen molar-refractivity contribution in [1.82, 2.24) is 0 Å². The Kier molecular flexibility index (Phi) is 5.26. The van der Waals surface area contributed by atoms with Crippen LogP contribution in [0, 0.1) is 5.92 Å². The third-order valence-corrected chi connectivity index (χ3v) is 4.66. The average molecular weight is 400 g/mol. The molecule has 0 amide bonds. The highest BCUT2D eigenvalue weighted by atomic mass is 16.7. The van der Waals surface area contributed by atoms with Crippen LogP contribution in [0.5, 0.6) is 23.0 Å². The minimum absolute atomic E-state index is 0.0223. The van der Waals surface area contributed by atoms with Gasteiger partial charge in [-0.15, -0.1) is 0 Å². The third-order valence-electron chi connectivity index (χ3n) is 4.66. The Balaban J connectivity index is 1.61. The molecule has 3 aromatic rings. The quantitative estimate of drug-likeness (QED) is 0.350. The van der Waals surface area contributed by atoms with E-state index in [1.54, 1.807) is 60.7 Å². The third kappa shape index (κ3) is 4.36. The van der Waals surface area contributed by atoms with Crippen molar-refractivity contribution in [1.29, 1.82) is 0 Å². The van der Waals surface area contributed by atoms with Crippen molar-refractivity contribution >= 4 is 5.78 Å². The van der Waals surface area contributed by atoms with Gasteiger partial charge in [-0.2, -0.15) is 0 Å². The van der Waals surface area contributed by atoms with Gasteiger partial charge in [-0.05, 0) is 48.5 Å². The summed E-state index contributed by atoms with van der Waals surface area (Å²) in [6.45, 7) is 0. The lowest BCUT2D eigenvalue weighted by molar-refractivity contribution is -0.0294. The van der Waals surface area contributed by atoms with Crippen molar-refractivity contribution in [3.63, 3.8) is 0 Å². The van der Waals surface area contributed by atoms with Crippen molar-refractivity contribution in [3.8, 4) is 23.0 Å². The van der Waals surface area contributed by atoms with Crippen molar-refractivity contribution in [2.75, 3.05) is 0 Å². The second-order valence-electron chi connectivity index (χ2n) is 6.89. The van der Waals surface area contributed by atoms with E-state index in [-0.39, 0.29) is 17.3 Å². The van der Waals surface area contributed by atoms with E-state index < -0.39 is 11.7 Å². The van der Waals surface area contributed by atoms with E-state index in [0.29, 0.717) is 17.1 Å². The predicted molar refractivity (Wildman–Crippen MR) is 113 cm³/mol. The molecule has 0 atom stereocenters. The maximum atomic E-state index is 12.8. The summed E-state index contributed by atoms with van der Waals surface area (Å²) < 4.78 is 12.2. The van der Waals surface area contributed by atoms with Crippen LogP contribution < -0.4 is 9.47 Å². The van der Waals surface area contributed by atoms with E-state index in [0.717, 1.165) is 0 Å². The molecule has 0 saturated carbocycles.